The smallest absolute Gasteiger partial charge is 0.310 e. The van der Waals surface area contributed by atoms with E-state index in [4.69, 9.17) is 0 Å². The van der Waals surface area contributed by atoms with Crippen LogP contribution in [-0.2, 0) is 4.79 Å². The summed E-state index contributed by atoms with van der Waals surface area (Å²) in [5.74, 6) is 1.13. The van der Waals surface area contributed by atoms with Gasteiger partial charge in [-0.1, -0.05) is 20.8 Å². The van der Waals surface area contributed by atoms with E-state index in [1.807, 2.05) is 0 Å². The zero-order chi connectivity index (χ0) is 13.1. The van der Waals surface area contributed by atoms with Gasteiger partial charge in [0.25, 0.3) is 0 Å². The Bertz CT molecular complexity index is 457. The van der Waals surface area contributed by atoms with Gasteiger partial charge in [-0.25, -0.2) is 0 Å². The molecular weight excluding hydrogens is 228 g/mol. The summed E-state index contributed by atoms with van der Waals surface area (Å²) in [5.41, 5.74) is -0.608. The molecule has 0 spiro atoms. The van der Waals surface area contributed by atoms with Gasteiger partial charge < -0.3 is 10.2 Å². The molecule has 5 unspecified atom stereocenters. The first-order chi connectivity index (χ1) is 8.29. The van der Waals surface area contributed by atoms with E-state index in [9.17, 15) is 15.0 Å². The van der Waals surface area contributed by atoms with Gasteiger partial charge in [-0.2, -0.15) is 0 Å². The van der Waals surface area contributed by atoms with E-state index in [0.29, 0.717) is 23.7 Å². The number of carbonyl (C=O) groups is 1. The average Bonchev–Trinajstić information content (AvgIpc) is 2.60. The maximum Gasteiger partial charge on any atom is 0.310 e. The molecular formula is C15H22O3. The second kappa shape index (κ2) is 2.65. The lowest BCUT2D eigenvalue weighted by Crippen LogP contribution is -2.38. The molecule has 2 N–H and O–H groups in total. The Balaban J connectivity index is 1.90. The summed E-state index contributed by atoms with van der Waals surface area (Å²) in [5, 5.41) is 20.2. The summed E-state index contributed by atoms with van der Waals surface area (Å²) in [6.45, 7) is 6.50. The molecule has 5 fully saturated rings. The first-order valence-corrected chi connectivity index (χ1v) is 7.21. The molecule has 0 heterocycles. The van der Waals surface area contributed by atoms with E-state index >= 15 is 0 Å². The number of aliphatic hydroxyl groups excluding tert-OH is 1. The van der Waals surface area contributed by atoms with Crippen LogP contribution in [0, 0.1) is 39.9 Å². The summed E-state index contributed by atoms with van der Waals surface area (Å²) in [4.78, 5) is 11.9. The normalized spacial score (nSPS) is 62.6. The quantitative estimate of drug-likeness (QED) is 0.749. The number of aliphatic carboxylic acids is 1. The Morgan fingerprint density at radius 2 is 1.83 bits per heavy atom. The number of aliphatic hydroxyl groups is 1. The number of carboxylic acid groups (broad SMARTS) is 1. The van der Waals surface area contributed by atoms with Gasteiger partial charge in [-0.3, -0.25) is 4.79 Å². The van der Waals surface area contributed by atoms with Crippen molar-refractivity contribution in [2.75, 3.05) is 0 Å². The SMILES string of the molecule is CC1(C)C2C3CC4C2[C@@]4(C(=O)O)C3(C)CC[C@H]1O. The number of hydrogen-bond acceptors (Lipinski definition) is 2. The molecule has 7 atom stereocenters. The highest BCUT2D eigenvalue weighted by Gasteiger charge is 2.92. The van der Waals surface area contributed by atoms with Crippen molar-refractivity contribution >= 4 is 5.97 Å². The van der Waals surface area contributed by atoms with Crippen molar-refractivity contribution in [3.05, 3.63) is 0 Å². The summed E-state index contributed by atoms with van der Waals surface area (Å²) in [6, 6.07) is 0. The molecule has 3 heteroatoms. The zero-order valence-corrected chi connectivity index (χ0v) is 11.3. The van der Waals surface area contributed by atoms with Crippen molar-refractivity contribution < 1.29 is 15.0 Å². The minimum Gasteiger partial charge on any atom is -0.481 e. The van der Waals surface area contributed by atoms with Crippen LogP contribution in [0.3, 0.4) is 0 Å². The maximum atomic E-state index is 11.9. The van der Waals surface area contributed by atoms with Crippen LogP contribution in [0.15, 0.2) is 0 Å². The molecule has 5 aliphatic carbocycles. The Hall–Kier alpha value is -0.570. The molecule has 0 aromatic heterocycles. The van der Waals surface area contributed by atoms with Gasteiger partial charge >= 0.3 is 5.97 Å². The van der Waals surface area contributed by atoms with Crippen LogP contribution in [0.5, 0.6) is 0 Å². The van der Waals surface area contributed by atoms with Crippen molar-refractivity contribution in [2.24, 2.45) is 39.9 Å². The van der Waals surface area contributed by atoms with Crippen LogP contribution in [-0.4, -0.2) is 22.3 Å². The van der Waals surface area contributed by atoms with Crippen molar-refractivity contribution in [1.82, 2.24) is 0 Å². The maximum absolute atomic E-state index is 11.9. The van der Waals surface area contributed by atoms with Crippen molar-refractivity contribution in [2.45, 2.75) is 46.1 Å². The second-order valence-corrected chi connectivity index (χ2v) is 7.97. The van der Waals surface area contributed by atoms with Gasteiger partial charge in [-0.15, -0.1) is 0 Å². The lowest BCUT2D eigenvalue weighted by Gasteiger charge is -2.37. The van der Waals surface area contributed by atoms with Crippen molar-refractivity contribution in [1.29, 1.82) is 0 Å². The molecule has 0 aromatic rings. The Morgan fingerprint density at radius 3 is 2.44 bits per heavy atom. The summed E-state index contributed by atoms with van der Waals surface area (Å²) < 4.78 is 0. The molecule has 5 saturated carbocycles. The molecule has 3 nitrogen and oxygen atoms in total. The van der Waals surface area contributed by atoms with Gasteiger partial charge in [0.1, 0.15) is 0 Å². The van der Waals surface area contributed by atoms with Crippen LogP contribution in [0.25, 0.3) is 0 Å². The Labute approximate surface area is 108 Å². The fourth-order valence-corrected chi connectivity index (χ4v) is 6.74. The van der Waals surface area contributed by atoms with Crippen LogP contribution in [0.4, 0.5) is 0 Å². The van der Waals surface area contributed by atoms with Crippen molar-refractivity contribution in [3.8, 4) is 0 Å². The van der Waals surface area contributed by atoms with Gasteiger partial charge in [0, 0.05) is 0 Å². The van der Waals surface area contributed by atoms with E-state index in [2.05, 4.69) is 20.8 Å². The van der Waals surface area contributed by atoms with Gasteiger partial charge in [0.15, 0.2) is 0 Å². The highest BCUT2D eigenvalue weighted by molar-refractivity contribution is 5.83. The second-order valence-electron chi connectivity index (χ2n) is 7.97. The van der Waals surface area contributed by atoms with E-state index in [-0.39, 0.29) is 16.9 Å². The molecule has 5 rings (SSSR count). The topological polar surface area (TPSA) is 57.5 Å². The highest BCUT2D eigenvalue weighted by atomic mass is 16.4. The van der Waals surface area contributed by atoms with Crippen molar-refractivity contribution in [3.63, 3.8) is 0 Å². The summed E-state index contributed by atoms with van der Waals surface area (Å²) in [6.07, 6.45) is 2.48. The van der Waals surface area contributed by atoms with Crippen LogP contribution >= 0.6 is 0 Å². The fourth-order valence-electron chi connectivity index (χ4n) is 6.74. The van der Waals surface area contributed by atoms with Crippen LogP contribution in [0.1, 0.15) is 40.0 Å². The first-order valence-electron chi connectivity index (χ1n) is 7.21. The predicted molar refractivity (Wildman–Crippen MR) is 65.8 cm³/mol. The molecule has 0 amide bonds. The fraction of sp³-hybridized carbons (Fsp3) is 0.933. The number of carboxylic acids is 1. The van der Waals surface area contributed by atoms with E-state index in [1.165, 1.54) is 0 Å². The molecule has 5 aliphatic rings. The summed E-state index contributed by atoms with van der Waals surface area (Å²) >= 11 is 0. The lowest BCUT2D eigenvalue weighted by molar-refractivity contribution is -0.149. The van der Waals surface area contributed by atoms with Gasteiger partial charge in [-0.05, 0) is 53.8 Å². The standard InChI is InChI=1S/C15H22O3/c1-13(2)9(16)4-5-14(3)7-6-8-11(10(7)13)15(8,14)12(17)18/h7-11,16H,4-6H2,1-3H3,(H,17,18)/t7?,8?,9-,10?,11?,14?,15+/m1/s1. The zero-order valence-electron chi connectivity index (χ0n) is 11.3. The molecule has 6 bridgehead atoms. The molecule has 0 saturated heterocycles. The average molecular weight is 250 g/mol. The largest absolute Gasteiger partial charge is 0.481 e. The van der Waals surface area contributed by atoms with Crippen LogP contribution < -0.4 is 0 Å². The minimum absolute atomic E-state index is 0.0619. The molecule has 100 valence electrons. The number of hydrogen-bond donors (Lipinski definition) is 2. The lowest BCUT2D eigenvalue weighted by atomic mass is 9.68. The third kappa shape index (κ3) is 0.774. The third-order valence-electron chi connectivity index (χ3n) is 7.54. The molecule has 18 heavy (non-hydrogen) atoms. The highest BCUT2D eigenvalue weighted by Crippen LogP contribution is 2.91. The minimum atomic E-state index is -0.558. The Morgan fingerprint density at radius 1 is 1.17 bits per heavy atom. The molecule has 0 aliphatic heterocycles. The summed E-state index contributed by atoms with van der Waals surface area (Å²) in [7, 11) is 0. The van der Waals surface area contributed by atoms with Gasteiger partial charge in [0.2, 0.25) is 0 Å². The van der Waals surface area contributed by atoms with E-state index < -0.39 is 11.4 Å². The van der Waals surface area contributed by atoms with Gasteiger partial charge in [0.05, 0.1) is 11.5 Å². The molecule has 0 radical (unpaired) electrons. The van der Waals surface area contributed by atoms with E-state index in [1.54, 1.807) is 0 Å². The Kier molecular flexibility index (Phi) is 1.66. The molecule has 0 aromatic carbocycles. The first kappa shape index (κ1) is 11.3. The predicted octanol–water partition coefficient (Wildman–Crippen LogP) is 2.14. The monoisotopic (exact) mass is 250 g/mol. The number of rotatable bonds is 1. The third-order valence-corrected chi connectivity index (χ3v) is 7.54. The van der Waals surface area contributed by atoms with Crippen LogP contribution in [0.2, 0.25) is 0 Å². The van der Waals surface area contributed by atoms with E-state index in [0.717, 1.165) is 19.3 Å².